The van der Waals surface area contributed by atoms with Crippen molar-refractivity contribution in [2.75, 3.05) is 33.2 Å². The lowest BCUT2D eigenvalue weighted by atomic mass is 10.2. The van der Waals surface area contributed by atoms with Crippen LogP contribution in [0.4, 0.5) is 0 Å². The van der Waals surface area contributed by atoms with Gasteiger partial charge in [-0.25, -0.2) is 4.98 Å². The monoisotopic (exact) mass is 300 g/mol. The van der Waals surface area contributed by atoms with Crippen molar-refractivity contribution in [3.63, 3.8) is 0 Å². The van der Waals surface area contributed by atoms with E-state index in [0.29, 0.717) is 25.2 Å². The first kappa shape index (κ1) is 14.7. The van der Waals surface area contributed by atoms with Gasteiger partial charge in [-0.05, 0) is 26.1 Å². The van der Waals surface area contributed by atoms with E-state index in [1.165, 1.54) is 0 Å². The van der Waals surface area contributed by atoms with Crippen LogP contribution in [0.2, 0.25) is 0 Å². The van der Waals surface area contributed by atoms with Gasteiger partial charge in [-0.1, -0.05) is 12.1 Å². The largest absolute Gasteiger partial charge is 0.335 e. The van der Waals surface area contributed by atoms with Crippen LogP contribution in [0.15, 0.2) is 29.1 Å². The highest BCUT2D eigenvalue weighted by atomic mass is 16.2. The van der Waals surface area contributed by atoms with Crippen LogP contribution in [-0.4, -0.2) is 58.5 Å². The Morgan fingerprint density at radius 3 is 2.55 bits per heavy atom. The van der Waals surface area contributed by atoms with Gasteiger partial charge < -0.3 is 14.4 Å². The second-order valence-electron chi connectivity index (χ2n) is 5.59. The third kappa shape index (κ3) is 2.50. The third-order valence-electron chi connectivity index (χ3n) is 4.16. The average Bonchev–Trinajstić information content (AvgIpc) is 2.54. The van der Waals surface area contributed by atoms with Gasteiger partial charge in [0.05, 0.1) is 11.0 Å². The maximum absolute atomic E-state index is 12.7. The fourth-order valence-electron chi connectivity index (χ4n) is 2.81. The van der Waals surface area contributed by atoms with E-state index < -0.39 is 0 Å². The number of carbonyl (C=O) groups excluding carboxylic acids is 1. The fraction of sp³-hybridized carbons (Fsp3) is 0.438. The number of hydrogen-bond acceptors (Lipinski definition) is 4. The molecule has 1 saturated heterocycles. The Morgan fingerprint density at radius 2 is 1.86 bits per heavy atom. The minimum absolute atomic E-state index is 0.0325. The molecule has 1 amide bonds. The van der Waals surface area contributed by atoms with Crippen LogP contribution in [0.5, 0.6) is 0 Å². The van der Waals surface area contributed by atoms with Crippen LogP contribution < -0.4 is 5.56 Å². The Bertz CT molecular complexity index is 760. The van der Waals surface area contributed by atoms with Gasteiger partial charge in [0, 0.05) is 32.7 Å². The summed E-state index contributed by atoms with van der Waals surface area (Å²) >= 11 is 0. The van der Waals surface area contributed by atoms with Crippen LogP contribution in [0.1, 0.15) is 17.4 Å². The maximum atomic E-state index is 12.7. The summed E-state index contributed by atoms with van der Waals surface area (Å²) in [5.74, 6) is -0.258. The zero-order valence-corrected chi connectivity index (χ0v) is 13.0. The number of piperazine rings is 1. The summed E-state index contributed by atoms with van der Waals surface area (Å²) in [6.45, 7) is 5.33. The van der Waals surface area contributed by atoms with Gasteiger partial charge in [0.25, 0.3) is 11.5 Å². The number of para-hydroxylation sites is 2. The smallest absolute Gasteiger partial charge is 0.282 e. The number of nitrogens with zero attached hydrogens (tertiary/aromatic N) is 4. The molecule has 0 saturated carbocycles. The normalized spacial score (nSPS) is 16.2. The Labute approximate surface area is 129 Å². The molecule has 116 valence electrons. The summed E-state index contributed by atoms with van der Waals surface area (Å²) in [6, 6.07) is 7.43. The molecule has 0 radical (unpaired) electrons. The first-order valence-corrected chi connectivity index (χ1v) is 7.59. The lowest BCUT2D eigenvalue weighted by Crippen LogP contribution is -2.48. The summed E-state index contributed by atoms with van der Waals surface area (Å²) in [6.07, 6.45) is 0. The Balaban J connectivity index is 2.05. The lowest BCUT2D eigenvalue weighted by Gasteiger charge is -2.32. The van der Waals surface area contributed by atoms with E-state index in [-0.39, 0.29) is 17.2 Å². The summed E-state index contributed by atoms with van der Waals surface area (Å²) in [7, 11) is 2.03. The van der Waals surface area contributed by atoms with Crippen molar-refractivity contribution in [2.24, 2.45) is 0 Å². The van der Waals surface area contributed by atoms with E-state index in [0.717, 1.165) is 18.6 Å². The maximum Gasteiger partial charge on any atom is 0.282 e. The van der Waals surface area contributed by atoms with Gasteiger partial charge in [0.2, 0.25) is 0 Å². The molecule has 1 fully saturated rings. The molecule has 0 atom stereocenters. The Hall–Kier alpha value is -2.21. The van der Waals surface area contributed by atoms with Crippen LogP contribution in [-0.2, 0) is 6.54 Å². The second kappa shape index (κ2) is 5.88. The number of aryl methyl sites for hydroxylation is 1. The predicted molar refractivity (Wildman–Crippen MR) is 85.1 cm³/mol. The summed E-state index contributed by atoms with van der Waals surface area (Å²) in [5, 5.41) is 0. The molecule has 6 nitrogen and oxygen atoms in total. The number of aromatic nitrogens is 2. The van der Waals surface area contributed by atoms with Gasteiger partial charge in [-0.3, -0.25) is 9.59 Å². The quantitative estimate of drug-likeness (QED) is 0.823. The van der Waals surface area contributed by atoms with Crippen LogP contribution in [0, 0.1) is 0 Å². The van der Waals surface area contributed by atoms with Crippen molar-refractivity contribution < 1.29 is 4.79 Å². The summed E-state index contributed by atoms with van der Waals surface area (Å²) in [4.78, 5) is 33.5. The molecular weight excluding hydrogens is 280 g/mol. The molecule has 0 bridgehead atoms. The van der Waals surface area contributed by atoms with Crippen molar-refractivity contribution in [3.05, 3.63) is 40.3 Å². The van der Waals surface area contributed by atoms with Crippen molar-refractivity contribution in [1.82, 2.24) is 19.4 Å². The van der Waals surface area contributed by atoms with E-state index in [2.05, 4.69) is 9.88 Å². The molecule has 2 heterocycles. The van der Waals surface area contributed by atoms with Gasteiger partial charge in [0.15, 0.2) is 5.69 Å². The molecule has 3 rings (SSSR count). The SMILES string of the molecule is CCn1c(=O)c(C(=O)N2CCN(C)CC2)nc2ccccc21. The Morgan fingerprint density at radius 1 is 1.18 bits per heavy atom. The molecule has 1 aromatic carbocycles. The molecule has 0 aliphatic carbocycles. The van der Waals surface area contributed by atoms with E-state index >= 15 is 0 Å². The topological polar surface area (TPSA) is 58.4 Å². The van der Waals surface area contributed by atoms with Crippen molar-refractivity contribution in [3.8, 4) is 0 Å². The number of rotatable bonds is 2. The number of carbonyl (C=O) groups is 1. The van der Waals surface area contributed by atoms with Crippen molar-refractivity contribution >= 4 is 16.9 Å². The fourth-order valence-corrected chi connectivity index (χ4v) is 2.81. The van der Waals surface area contributed by atoms with E-state index in [4.69, 9.17) is 0 Å². The number of fused-ring (bicyclic) bond motifs is 1. The average molecular weight is 300 g/mol. The molecule has 22 heavy (non-hydrogen) atoms. The number of likely N-dealkylation sites (N-methyl/N-ethyl adjacent to an activating group) is 1. The molecule has 2 aromatic rings. The Kier molecular flexibility index (Phi) is 3.94. The highest BCUT2D eigenvalue weighted by Gasteiger charge is 2.25. The molecular formula is C16H20N4O2. The van der Waals surface area contributed by atoms with Crippen LogP contribution in [0.3, 0.4) is 0 Å². The van der Waals surface area contributed by atoms with Crippen molar-refractivity contribution in [1.29, 1.82) is 0 Å². The lowest BCUT2D eigenvalue weighted by molar-refractivity contribution is 0.0656. The molecule has 0 N–H and O–H groups in total. The van der Waals surface area contributed by atoms with Crippen molar-refractivity contribution in [2.45, 2.75) is 13.5 Å². The van der Waals surface area contributed by atoms with Gasteiger partial charge >= 0.3 is 0 Å². The number of hydrogen-bond donors (Lipinski definition) is 0. The highest BCUT2D eigenvalue weighted by molar-refractivity contribution is 5.94. The minimum atomic E-state index is -0.301. The number of benzene rings is 1. The summed E-state index contributed by atoms with van der Waals surface area (Å²) < 4.78 is 1.62. The van der Waals surface area contributed by atoms with Gasteiger partial charge in [-0.2, -0.15) is 0 Å². The van der Waals surface area contributed by atoms with E-state index in [1.807, 2.05) is 38.2 Å². The van der Waals surface area contributed by atoms with Crippen LogP contribution in [0.25, 0.3) is 11.0 Å². The van der Waals surface area contributed by atoms with Gasteiger partial charge in [-0.15, -0.1) is 0 Å². The third-order valence-corrected chi connectivity index (χ3v) is 4.16. The molecule has 0 spiro atoms. The molecule has 1 aromatic heterocycles. The zero-order chi connectivity index (χ0) is 15.7. The van der Waals surface area contributed by atoms with Crippen LogP contribution >= 0.6 is 0 Å². The number of amides is 1. The summed E-state index contributed by atoms with van der Waals surface area (Å²) in [5.41, 5.74) is 1.18. The van der Waals surface area contributed by atoms with E-state index in [9.17, 15) is 9.59 Å². The van der Waals surface area contributed by atoms with E-state index in [1.54, 1.807) is 9.47 Å². The second-order valence-corrected chi connectivity index (χ2v) is 5.59. The first-order valence-electron chi connectivity index (χ1n) is 7.59. The molecule has 1 aliphatic rings. The molecule has 6 heteroatoms. The highest BCUT2D eigenvalue weighted by Crippen LogP contribution is 2.11. The van der Waals surface area contributed by atoms with Gasteiger partial charge in [0.1, 0.15) is 0 Å². The zero-order valence-electron chi connectivity index (χ0n) is 13.0. The molecule has 1 aliphatic heterocycles. The standard InChI is InChI=1S/C16H20N4O2/c1-3-20-13-7-5-4-6-12(13)17-14(16(20)22)15(21)19-10-8-18(2)9-11-19/h4-7H,3,8-11H2,1-2H3. The molecule has 0 unspecified atom stereocenters. The first-order chi connectivity index (χ1) is 10.6. The minimum Gasteiger partial charge on any atom is -0.335 e. The predicted octanol–water partition coefficient (Wildman–Crippen LogP) is 0.804.